The lowest BCUT2D eigenvalue weighted by Gasteiger charge is -2.20. The second kappa shape index (κ2) is 6.22. The smallest absolute Gasteiger partial charge is 0.254 e. The van der Waals surface area contributed by atoms with Gasteiger partial charge in [0.15, 0.2) is 0 Å². The highest BCUT2D eigenvalue weighted by Crippen LogP contribution is 2.18. The van der Waals surface area contributed by atoms with Crippen molar-refractivity contribution in [1.82, 2.24) is 4.90 Å². The lowest BCUT2D eigenvalue weighted by Crippen LogP contribution is -2.35. The van der Waals surface area contributed by atoms with Crippen LogP contribution >= 0.6 is 0 Å². The van der Waals surface area contributed by atoms with E-state index in [2.05, 4.69) is 0 Å². The normalized spacial score (nSPS) is 10.3. The summed E-state index contributed by atoms with van der Waals surface area (Å²) in [6.07, 6.45) is 0. The Kier molecular flexibility index (Phi) is 4.93. The Morgan fingerprint density at radius 2 is 1.82 bits per heavy atom. The van der Waals surface area contributed by atoms with Gasteiger partial charge in [-0.1, -0.05) is 6.07 Å². The second-order valence-corrected chi connectivity index (χ2v) is 3.74. The third-order valence-electron chi connectivity index (χ3n) is 2.48. The Balaban J connectivity index is 2.88. The number of aromatic hydroxyl groups is 1. The number of aryl methyl sites for hydroxylation is 1. The maximum Gasteiger partial charge on any atom is 0.254 e. The molecule has 0 fully saturated rings. The zero-order chi connectivity index (χ0) is 12.8. The zero-order valence-corrected chi connectivity index (χ0v) is 9.76. The standard InChI is InChI=1S/C12H17NO4/c1-9-2-3-10(8-11(9)16)12(17)13(4-6-14)5-7-15/h2-3,8,14-16H,4-7H2,1H3. The molecule has 0 bridgehead atoms. The van der Waals surface area contributed by atoms with Gasteiger partial charge in [-0.05, 0) is 24.6 Å². The first-order chi connectivity index (χ1) is 8.10. The van der Waals surface area contributed by atoms with Gasteiger partial charge in [-0.25, -0.2) is 0 Å². The molecule has 0 radical (unpaired) electrons. The molecule has 0 unspecified atom stereocenters. The van der Waals surface area contributed by atoms with E-state index in [-0.39, 0.29) is 38.0 Å². The van der Waals surface area contributed by atoms with Crippen molar-refractivity contribution in [2.24, 2.45) is 0 Å². The molecule has 0 aliphatic heterocycles. The summed E-state index contributed by atoms with van der Waals surface area (Å²) in [6, 6.07) is 4.65. The highest BCUT2D eigenvalue weighted by atomic mass is 16.3. The summed E-state index contributed by atoms with van der Waals surface area (Å²) in [5.41, 5.74) is 1.03. The van der Waals surface area contributed by atoms with E-state index >= 15 is 0 Å². The van der Waals surface area contributed by atoms with Crippen molar-refractivity contribution in [2.75, 3.05) is 26.3 Å². The minimum absolute atomic E-state index is 0.0591. The molecule has 5 nitrogen and oxygen atoms in total. The van der Waals surface area contributed by atoms with Gasteiger partial charge in [0.1, 0.15) is 5.75 Å². The average Bonchev–Trinajstić information content (AvgIpc) is 2.31. The molecule has 0 heterocycles. The number of benzene rings is 1. The van der Waals surface area contributed by atoms with Crippen LogP contribution in [0.5, 0.6) is 5.75 Å². The van der Waals surface area contributed by atoms with E-state index < -0.39 is 0 Å². The van der Waals surface area contributed by atoms with Crippen LogP contribution in [0.15, 0.2) is 18.2 Å². The molecule has 0 saturated heterocycles. The van der Waals surface area contributed by atoms with Crippen molar-refractivity contribution in [1.29, 1.82) is 0 Å². The Labute approximate surface area is 99.9 Å². The number of amides is 1. The van der Waals surface area contributed by atoms with Gasteiger partial charge in [0.25, 0.3) is 5.91 Å². The van der Waals surface area contributed by atoms with Crippen molar-refractivity contribution < 1.29 is 20.1 Å². The van der Waals surface area contributed by atoms with E-state index in [0.717, 1.165) is 0 Å². The van der Waals surface area contributed by atoms with Crippen LogP contribution in [0, 0.1) is 6.92 Å². The van der Waals surface area contributed by atoms with Gasteiger partial charge in [-0.3, -0.25) is 4.79 Å². The highest BCUT2D eigenvalue weighted by Gasteiger charge is 2.15. The molecule has 1 rings (SSSR count). The summed E-state index contributed by atoms with van der Waals surface area (Å²) in [7, 11) is 0. The van der Waals surface area contributed by atoms with Crippen LogP contribution in [0.3, 0.4) is 0 Å². The summed E-state index contributed by atoms with van der Waals surface area (Å²) in [4.78, 5) is 13.3. The van der Waals surface area contributed by atoms with Crippen molar-refractivity contribution >= 4 is 5.91 Å². The Morgan fingerprint density at radius 1 is 1.24 bits per heavy atom. The first kappa shape index (κ1) is 13.5. The molecule has 0 saturated carbocycles. The minimum atomic E-state index is -0.316. The van der Waals surface area contributed by atoms with Crippen LogP contribution in [-0.4, -0.2) is 52.4 Å². The number of phenols is 1. The molecule has 1 aromatic rings. The third kappa shape index (κ3) is 3.44. The number of hydrogen-bond donors (Lipinski definition) is 3. The molecule has 3 N–H and O–H groups in total. The summed E-state index contributed by atoms with van der Waals surface area (Å²) >= 11 is 0. The van der Waals surface area contributed by atoms with Crippen LogP contribution in [0.2, 0.25) is 0 Å². The van der Waals surface area contributed by atoms with Crippen LogP contribution in [0.25, 0.3) is 0 Å². The highest BCUT2D eigenvalue weighted by molar-refractivity contribution is 5.94. The van der Waals surface area contributed by atoms with E-state index in [9.17, 15) is 9.90 Å². The molecule has 0 aromatic heterocycles. The minimum Gasteiger partial charge on any atom is -0.508 e. The summed E-state index contributed by atoms with van der Waals surface area (Å²) in [5, 5.41) is 27.2. The number of hydrogen-bond acceptors (Lipinski definition) is 4. The maximum atomic E-state index is 12.0. The van der Waals surface area contributed by atoms with E-state index in [1.807, 2.05) is 0 Å². The molecule has 0 spiro atoms. The van der Waals surface area contributed by atoms with Crippen LogP contribution < -0.4 is 0 Å². The molecule has 1 amide bonds. The van der Waals surface area contributed by atoms with E-state index in [1.54, 1.807) is 19.1 Å². The fourth-order valence-electron chi connectivity index (χ4n) is 1.48. The lowest BCUT2D eigenvalue weighted by molar-refractivity contribution is 0.0684. The Bertz CT molecular complexity index is 386. The number of carbonyl (C=O) groups is 1. The second-order valence-electron chi connectivity index (χ2n) is 3.74. The summed E-state index contributed by atoms with van der Waals surface area (Å²) in [5.74, 6) is -0.257. The maximum absolute atomic E-state index is 12.0. The fourth-order valence-corrected chi connectivity index (χ4v) is 1.48. The zero-order valence-electron chi connectivity index (χ0n) is 9.76. The topological polar surface area (TPSA) is 81.0 Å². The molecule has 94 valence electrons. The summed E-state index contributed by atoms with van der Waals surface area (Å²) < 4.78 is 0. The molecule has 1 aromatic carbocycles. The van der Waals surface area contributed by atoms with Crippen molar-refractivity contribution in [2.45, 2.75) is 6.92 Å². The number of rotatable bonds is 5. The van der Waals surface area contributed by atoms with Gasteiger partial charge < -0.3 is 20.2 Å². The van der Waals surface area contributed by atoms with Crippen molar-refractivity contribution in [3.63, 3.8) is 0 Å². The first-order valence-electron chi connectivity index (χ1n) is 5.40. The average molecular weight is 239 g/mol. The molecular formula is C12H17NO4. The number of nitrogens with zero attached hydrogens (tertiary/aromatic N) is 1. The van der Waals surface area contributed by atoms with Gasteiger partial charge in [0.05, 0.1) is 13.2 Å². The molecule has 0 aliphatic carbocycles. The van der Waals surface area contributed by atoms with Crippen LogP contribution in [0.4, 0.5) is 0 Å². The molecule has 5 heteroatoms. The lowest BCUT2D eigenvalue weighted by atomic mass is 10.1. The van der Waals surface area contributed by atoms with Gasteiger partial charge >= 0.3 is 0 Å². The number of aliphatic hydroxyl groups is 2. The van der Waals surface area contributed by atoms with Crippen molar-refractivity contribution in [3.8, 4) is 5.75 Å². The van der Waals surface area contributed by atoms with Gasteiger partial charge in [-0.15, -0.1) is 0 Å². The predicted molar refractivity (Wildman–Crippen MR) is 62.9 cm³/mol. The molecule has 0 aliphatic rings. The number of carbonyl (C=O) groups excluding carboxylic acids is 1. The van der Waals surface area contributed by atoms with E-state index in [0.29, 0.717) is 11.1 Å². The summed E-state index contributed by atoms with van der Waals surface area (Å²) in [6.45, 7) is 1.73. The van der Waals surface area contributed by atoms with Gasteiger partial charge in [0, 0.05) is 18.7 Å². The van der Waals surface area contributed by atoms with Crippen LogP contribution in [0.1, 0.15) is 15.9 Å². The number of aliphatic hydroxyl groups excluding tert-OH is 2. The first-order valence-corrected chi connectivity index (χ1v) is 5.40. The third-order valence-corrected chi connectivity index (χ3v) is 2.48. The molecule has 0 atom stereocenters. The Hall–Kier alpha value is -1.59. The Morgan fingerprint density at radius 3 is 2.29 bits per heavy atom. The van der Waals surface area contributed by atoms with Crippen molar-refractivity contribution in [3.05, 3.63) is 29.3 Å². The SMILES string of the molecule is Cc1ccc(C(=O)N(CCO)CCO)cc1O. The van der Waals surface area contributed by atoms with Gasteiger partial charge in [-0.2, -0.15) is 0 Å². The molecule has 17 heavy (non-hydrogen) atoms. The fraction of sp³-hybridized carbons (Fsp3) is 0.417. The number of phenolic OH excluding ortho intramolecular Hbond substituents is 1. The monoisotopic (exact) mass is 239 g/mol. The van der Waals surface area contributed by atoms with E-state index in [1.165, 1.54) is 11.0 Å². The van der Waals surface area contributed by atoms with Gasteiger partial charge in [0.2, 0.25) is 0 Å². The molecular weight excluding hydrogens is 222 g/mol. The van der Waals surface area contributed by atoms with Crippen LogP contribution in [-0.2, 0) is 0 Å². The predicted octanol–water partition coefficient (Wildman–Crippen LogP) is 0.127. The quantitative estimate of drug-likeness (QED) is 0.682. The van der Waals surface area contributed by atoms with E-state index in [4.69, 9.17) is 10.2 Å². The largest absolute Gasteiger partial charge is 0.508 e.